The highest BCUT2D eigenvalue weighted by Crippen LogP contribution is 2.37. The van der Waals surface area contributed by atoms with E-state index in [1.807, 2.05) is 18.5 Å². The molecule has 0 spiro atoms. The maximum atomic E-state index is 13.2. The zero-order valence-corrected chi connectivity index (χ0v) is 13.7. The van der Waals surface area contributed by atoms with Gasteiger partial charge in [-0.15, -0.1) is 0 Å². The number of aromatic nitrogens is 3. The molecule has 2 aromatic heterocycles. The average Bonchev–Trinajstić information content (AvgIpc) is 3.18. The summed E-state index contributed by atoms with van der Waals surface area (Å²) >= 11 is 0. The van der Waals surface area contributed by atoms with Gasteiger partial charge < -0.3 is 10.6 Å². The summed E-state index contributed by atoms with van der Waals surface area (Å²) in [6.45, 7) is 1.71. The topological polar surface area (TPSA) is 65.6 Å². The van der Waals surface area contributed by atoms with Gasteiger partial charge in [-0.2, -0.15) is 5.10 Å². The number of piperidine rings is 1. The highest BCUT2D eigenvalue weighted by molar-refractivity contribution is 5.45. The Balaban J connectivity index is 1.66. The van der Waals surface area contributed by atoms with Crippen molar-refractivity contribution in [3.05, 3.63) is 78.1 Å². The third-order valence-electron chi connectivity index (χ3n) is 4.81. The first-order valence-electron chi connectivity index (χ1n) is 8.43. The van der Waals surface area contributed by atoms with E-state index in [1.54, 1.807) is 18.3 Å². The first-order chi connectivity index (χ1) is 12.3. The van der Waals surface area contributed by atoms with Crippen LogP contribution in [0.15, 0.2) is 61.1 Å². The number of hydrogen-bond donors (Lipinski definition) is 3. The van der Waals surface area contributed by atoms with Crippen LogP contribution in [0, 0.1) is 5.82 Å². The van der Waals surface area contributed by atoms with Crippen LogP contribution in [0.1, 0.15) is 23.1 Å². The minimum atomic E-state index is -0.230. The number of hydrogen-bond acceptors (Lipinski definition) is 4. The molecule has 0 bridgehead atoms. The predicted octanol–water partition coefficient (Wildman–Crippen LogP) is 2.90. The fraction of sp³-hybridized carbons (Fsp3) is 0.263. The molecule has 1 saturated heterocycles. The predicted molar refractivity (Wildman–Crippen MR) is 95.0 cm³/mol. The Morgan fingerprint density at radius 2 is 1.76 bits per heavy atom. The first-order valence-corrected chi connectivity index (χ1v) is 8.43. The normalized spacial score (nSPS) is 23.3. The third kappa shape index (κ3) is 3.39. The summed E-state index contributed by atoms with van der Waals surface area (Å²) in [4.78, 5) is 4.13. The highest BCUT2D eigenvalue weighted by atomic mass is 19.1. The second-order valence-corrected chi connectivity index (χ2v) is 6.34. The second-order valence-electron chi connectivity index (χ2n) is 6.34. The van der Waals surface area contributed by atoms with Gasteiger partial charge in [0.1, 0.15) is 5.82 Å². The Labute approximate surface area is 145 Å². The SMILES string of the molecule is Fc1ccc(NC2CNCC(c3ccncc3)C2c2ccn[nH]2)cc1. The molecular weight excluding hydrogens is 317 g/mol. The standard InChI is InChI=1S/C19H20FN5/c20-14-1-3-15(4-2-14)24-18-12-22-11-16(13-5-8-21-9-6-13)19(18)17-7-10-23-25-17/h1-10,16,18-19,22,24H,11-12H2,(H,23,25). The molecule has 0 amide bonds. The fourth-order valence-corrected chi connectivity index (χ4v) is 3.65. The van der Waals surface area contributed by atoms with Crippen LogP contribution in [0.5, 0.6) is 0 Å². The van der Waals surface area contributed by atoms with Crippen LogP contribution in [-0.4, -0.2) is 34.3 Å². The van der Waals surface area contributed by atoms with Crippen LogP contribution in [0.25, 0.3) is 0 Å². The molecule has 1 aliphatic rings. The molecule has 3 unspecified atom stereocenters. The van der Waals surface area contributed by atoms with Crippen molar-refractivity contribution < 1.29 is 4.39 Å². The molecule has 5 nitrogen and oxygen atoms in total. The molecular formula is C19H20FN5. The van der Waals surface area contributed by atoms with Crippen molar-refractivity contribution in [2.75, 3.05) is 18.4 Å². The number of H-pyrrole nitrogens is 1. The molecule has 3 heterocycles. The Kier molecular flexibility index (Phi) is 4.43. The molecule has 1 fully saturated rings. The van der Waals surface area contributed by atoms with E-state index in [1.165, 1.54) is 17.7 Å². The number of pyridine rings is 1. The molecule has 25 heavy (non-hydrogen) atoms. The van der Waals surface area contributed by atoms with Gasteiger partial charge >= 0.3 is 0 Å². The Hall–Kier alpha value is -2.73. The van der Waals surface area contributed by atoms with Crippen LogP contribution >= 0.6 is 0 Å². The van der Waals surface area contributed by atoms with E-state index in [0.29, 0.717) is 0 Å². The summed E-state index contributed by atoms with van der Waals surface area (Å²) in [6.07, 6.45) is 5.45. The van der Waals surface area contributed by atoms with Crippen LogP contribution in [0.4, 0.5) is 10.1 Å². The number of rotatable bonds is 4. The van der Waals surface area contributed by atoms with Crippen molar-refractivity contribution in [3.63, 3.8) is 0 Å². The van der Waals surface area contributed by atoms with Gasteiger partial charge in [0.05, 0.1) is 0 Å². The van der Waals surface area contributed by atoms with Gasteiger partial charge in [0.25, 0.3) is 0 Å². The van der Waals surface area contributed by atoms with Gasteiger partial charge in [-0.05, 0) is 48.0 Å². The number of halogens is 1. The van der Waals surface area contributed by atoms with E-state index in [-0.39, 0.29) is 23.7 Å². The summed E-state index contributed by atoms with van der Waals surface area (Å²) in [7, 11) is 0. The molecule has 3 aromatic rings. The monoisotopic (exact) mass is 337 g/mol. The molecule has 128 valence electrons. The quantitative estimate of drug-likeness (QED) is 0.685. The maximum Gasteiger partial charge on any atom is 0.123 e. The minimum absolute atomic E-state index is 0.151. The molecule has 0 saturated carbocycles. The molecule has 4 rings (SSSR count). The van der Waals surface area contributed by atoms with Crippen molar-refractivity contribution in [2.45, 2.75) is 17.9 Å². The largest absolute Gasteiger partial charge is 0.380 e. The third-order valence-corrected chi connectivity index (χ3v) is 4.81. The van der Waals surface area contributed by atoms with Gasteiger partial charge in [-0.3, -0.25) is 10.1 Å². The lowest BCUT2D eigenvalue weighted by atomic mass is 9.77. The van der Waals surface area contributed by atoms with Gasteiger partial charge in [-0.1, -0.05) is 0 Å². The molecule has 0 aliphatic carbocycles. The molecule has 6 heteroatoms. The van der Waals surface area contributed by atoms with Crippen LogP contribution < -0.4 is 10.6 Å². The molecule has 1 aliphatic heterocycles. The lowest BCUT2D eigenvalue weighted by molar-refractivity contribution is 0.367. The summed E-state index contributed by atoms with van der Waals surface area (Å²) in [5.41, 5.74) is 3.25. The molecule has 0 radical (unpaired) electrons. The van der Waals surface area contributed by atoms with Gasteiger partial charge in [0.15, 0.2) is 0 Å². The zero-order chi connectivity index (χ0) is 17.1. The fourth-order valence-electron chi connectivity index (χ4n) is 3.65. The van der Waals surface area contributed by atoms with E-state index in [9.17, 15) is 4.39 Å². The molecule has 1 aromatic carbocycles. The van der Waals surface area contributed by atoms with Crippen LogP contribution in [0.2, 0.25) is 0 Å². The van der Waals surface area contributed by atoms with E-state index in [4.69, 9.17) is 0 Å². The van der Waals surface area contributed by atoms with Crippen molar-refractivity contribution >= 4 is 5.69 Å². The summed E-state index contributed by atoms with van der Waals surface area (Å²) < 4.78 is 13.2. The number of benzene rings is 1. The number of nitrogens with zero attached hydrogens (tertiary/aromatic N) is 2. The van der Waals surface area contributed by atoms with Crippen molar-refractivity contribution in [1.82, 2.24) is 20.5 Å². The summed E-state index contributed by atoms with van der Waals surface area (Å²) in [5.74, 6) is 0.276. The highest BCUT2D eigenvalue weighted by Gasteiger charge is 2.36. The van der Waals surface area contributed by atoms with Crippen LogP contribution in [0.3, 0.4) is 0 Å². The summed E-state index contributed by atoms with van der Waals surface area (Å²) in [5, 5.41) is 14.4. The van der Waals surface area contributed by atoms with Gasteiger partial charge in [0, 0.05) is 60.9 Å². The second kappa shape index (κ2) is 7.03. The Morgan fingerprint density at radius 1 is 0.960 bits per heavy atom. The lowest BCUT2D eigenvalue weighted by Gasteiger charge is -2.39. The molecule has 3 N–H and O–H groups in total. The van der Waals surface area contributed by atoms with E-state index in [2.05, 4.69) is 37.9 Å². The first kappa shape index (κ1) is 15.8. The Morgan fingerprint density at radius 3 is 2.48 bits per heavy atom. The van der Waals surface area contributed by atoms with Crippen molar-refractivity contribution in [1.29, 1.82) is 0 Å². The molecule has 3 atom stereocenters. The summed E-state index contributed by atoms with van der Waals surface area (Å²) in [6, 6.07) is 12.8. The van der Waals surface area contributed by atoms with Crippen molar-refractivity contribution in [2.24, 2.45) is 0 Å². The van der Waals surface area contributed by atoms with Crippen LogP contribution in [-0.2, 0) is 0 Å². The zero-order valence-electron chi connectivity index (χ0n) is 13.7. The minimum Gasteiger partial charge on any atom is -0.380 e. The number of aromatic amines is 1. The van der Waals surface area contributed by atoms with E-state index in [0.717, 1.165) is 24.5 Å². The van der Waals surface area contributed by atoms with E-state index >= 15 is 0 Å². The van der Waals surface area contributed by atoms with Gasteiger partial charge in [0.2, 0.25) is 0 Å². The van der Waals surface area contributed by atoms with Gasteiger partial charge in [-0.25, -0.2) is 4.39 Å². The van der Waals surface area contributed by atoms with E-state index < -0.39 is 0 Å². The number of anilines is 1. The average molecular weight is 337 g/mol. The van der Waals surface area contributed by atoms with Crippen molar-refractivity contribution in [3.8, 4) is 0 Å². The Bertz CT molecular complexity index is 788. The smallest absolute Gasteiger partial charge is 0.123 e. The lowest BCUT2D eigenvalue weighted by Crippen LogP contribution is -2.48. The maximum absolute atomic E-state index is 13.2. The number of nitrogens with one attached hydrogen (secondary N) is 3.